The topological polar surface area (TPSA) is 196 Å². The van der Waals surface area contributed by atoms with E-state index in [1.807, 2.05) is 93.5 Å². The predicted octanol–water partition coefficient (Wildman–Crippen LogP) is 10.8. The van der Waals surface area contributed by atoms with E-state index >= 15 is 0 Å². The molecule has 16 heteroatoms. The van der Waals surface area contributed by atoms with Gasteiger partial charge in [-0.15, -0.1) is 0 Å². The molecule has 2 aliphatic heterocycles. The summed E-state index contributed by atoms with van der Waals surface area (Å²) in [6, 6.07) is 7.54. The summed E-state index contributed by atoms with van der Waals surface area (Å²) in [5.41, 5.74) is 6.76. The van der Waals surface area contributed by atoms with Gasteiger partial charge in [-0.2, -0.15) is 0 Å². The molecule has 4 fully saturated rings. The minimum Gasteiger partial charge on any atom is -0.443 e. The van der Waals surface area contributed by atoms with Crippen LogP contribution in [0.2, 0.25) is 0 Å². The van der Waals surface area contributed by atoms with E-state index in [1.54, 1.807) is 16.1 Å². The van der Waals surface area contributed by atoms with Crippen molar-refractivity contribution in [2.45, 2.75) is 163 Å². The van der Waals surface area contributed by atoms with Gasteiger partial charge in [0.25, 0.3) is 0 Å². The molecule has 2 aromatic carbocycles. The van der Waals surface area contributed by atoms with Crippen LogP contribution in [0.1, 0.15) is 164 Å². The maximum Gasteiger partial charge on any atom is 0.420 e. The number of aryl methyl sites for hydroxylation is 4. The third-order valence-electron chi connectivity index (χ3n) is 11.9. The summed E-state index contributed by atoms with van der Waals surface area (Å²) in [5, 5.41) is 19.3. The van der Waals surface area contributed by atoms with Crippen LogP contribution >= 0.6 is 0 Å². The Morgan fingerprint density at radius 1 is 0.712 bits per heavy atom. The minimum absolute atomic E-state index is 0.119. The first-order valence-electron chi connectivity index (χ1n) is 23.6. The fraction of sp³-hybridized carbons (Fsp3) is 0.540. The van der Waals surface area contributed by atoms with Crippen molar-refractivity contribution in [3.63, 3.8) is 0 Å². The van der Waals surface area contributed by atoms with Crippen molar-refractivity contribution in [3.05, 3.63) is 69.9 Å². The fourth-order valence-corrected chi connectivity index (χ4v) is 8.46. The highest BCUT2D eigenvalue weighted by molar-refractivity contribution is 6.11. The SMILES string of the molecule is Cc1noc(C)c1-c1cc(C(=O)C2CCO2)c2nc(C3CC3)n(C(=O)OC(C)(C)C)c2c1.Cc1noc(C)c1-c1cc(C(O)C2CCO2)c2nc(C3CC3)n(C(=O)OC(C)(C)C)c2c1.[2H]CC. The average molecular weight is 908 g/mol. The number of benzene rings is 2. The molecule has 2 saturated carbocycles. The van der Waals surface area contributed by atoms with Gasteiger partial charge in [0.2, 0.25) is 0 Å². The molecule has 2 aliphatic carbocycles. The molecule has 66 heavy (non-hydrogen) atoms. The highest BCUT2D eigenvalue weighted by atomic mass is 16.6. The molecule has 6 aromatic rings. The zero-order chi connectivity index (χ0) is 48.3. The lowest BCUT2D eigenvalue weighted by Gasteiger charge is -2.31. The molecular formula is C50H62N6O10. The van der Waals surface area contributed by atoms with Crippen molar-refractivity contribution in [3.8, 4) is 22.3 Å². The van der Waals surface area contributed by atoms with Crippen LogP contribution in [0.25, 0.3) is 44.3 Å². The molecule has 6 heterocycles. The molecule has 0 bridgehead atoms. The third-order valence-corrected chi connectivity index (χ3v) is 11.9. The number of rotatable bonds is 8. The molecule has 0 spiro atoms. The number of ether oxygens (including phenoxy) is 4. The summed E-state index contributed by atoms with van der Waals surface area (Å²) < 4.78 is 42.6. The Morgan fingerprint density at radius 2 is 1.15 bits per heavy atom. The Labute approximate surface area is 385 Å². The first kappa shape index (κ1) is 45.4. The maximum atomic E-state index is 13.3. The van der Waals surface area contributed by atoms with Gasteiger partial charge < -0.3 is 33.1 Å². The van der Waals surface area contributed by atoms with Crippen LogP contribution in [-0.2, 0) is 18.9 Å². The summed E-state index contributed by atoms with van der Waals surface area (Å²) in [4.78, 5) is 49.5. The smallest absolute Gasteiger partial charge is 0.420 e. The van der Waals surface area contributed by atoms with Crippen molar-refractivity contribution in [2.75, 3.05) is 13.2 Å². The van der Waals surface area contributed by atoms with Crippen LogP contribution in [0.15, 0.2) is 33.3 Å². The standard InChI is InChI=1S/C24H29N3O5.C24H27N3O5.C2H6/c2*1-12-19(13(2)32-26-12)15-10-16(21(28)18-8-9-30-18)20-17(11-15)27(22(25-20)14-6-7-14)23(29)31-24(3,4)5;1-2/h10-11,14,18,21,28H,6-9H2,1-5H3;10-11,14,18H,6-9H2,1-5H3;1-2H3/i;;1D. The van der Waals surface area contributed by atoms with E-state index in [4.69, 9.17) is 39.3 Å². The molecule has 352 valence electrons. The first-order chi connectivity index (χ1) is 31.7. The maximum absolute atomic E-state index is 13.3. The van der Waals surface area contributed by atoms with Gasteiger partial charge in [0.1, 0.15) is 52.1 Å². The van der Waals surface area contributed by atoms with E-state index in [-0.39, 0.29) is 23.7 Å². The number of imidazole rings is 2. The molecule has 0 amide bonds. The number of aliphatic hydroxyl groups is 1. The monoisotopic (exact) mass is 907 g/mol. The summed E-state index contributed by atoms with van der Waals surface area (Å²) in [6.07, 6.45) is 2.77. The lowest BCUT2D eigenvalue weighted by atomic mass is 9.94. The lowest BCUT2D eigenvalue weighted by Crippen LogP contribution is -2.35. The van der Waals surface area contributed by atoms with Gasteiger partial charge >= 0.3 is 12.2 Å². The zero-order valence-corrected chi connectivity index (χ0v) is 39.9. The molecule has 10 rings (SSSR count). The highest BCUT2D eigenvalue weighted by Crippen LogP contribution is 2.45. The van der Waals surface area contributed by atoms with E-state index in [2.05, 4.69) is 10.3 Å². The number of hydrogen-bond acceptors (Lipinski definition) is 14. The quantitative estimate of drug-likeness (QED) is 0.142. The molecule has 1 N–H and O–H groups in total. The second-order valence-electron chi connectivity index (χ2n) is 19.5. The Balaban J connectivity index is 0.000000172. The lowest BCUT2D eigenvalue weighted by molar-refractivity contribution is -0.117. The van der Waals surface area contributed by atoms with Crippen LogP contribution < -0.4 is 0 Å². The van der Waals surface area contributed by atoms with Gasteiger partial charge in [-0.05, 0) is 137 Å². The molecule has 16 nitrogen and oxygen atoms in total. The normalized spacial score (nSPS) is 18.9. The summed E-state index contributed by atoms with van der Waals surface area (Å²) in [7, 11) is 0. The van der Waals surface area contributed by atoms with Crippen molar-refractivity contribution in [1.82, 2.24) is 29.4 Å². The number of ketones is 1. The number of carbonyl (C=O) groups excluding carboxylic acids is 3. The number of fused-ring (bicyclic) bond motifs is 2. The summed E-state index contributed by atoms with van der Waals surface area (Å²) >= 11 is 0. The minimum atomic E-state index is -0.847. The number of nitrogens with zero attached hydrogens (tertiary/aromatic N) is 6. The van der Waals surface area contributed by atoms with Crippen molar-refractivity contribution in [2.24, 2.45) is 0 Å². The van der Waals surface area contributed by atoms with Crippen LogP contribution in [-0.4, -0.2) is 89.1 Å². The van der Waals surface area contributed by atoms with Crippen LogP contribution in [0.4, 0.5) is 9.59 Å². The molecular weight excluding hydrogens is 845 g/mol. The number of carbonyl (C=O) groups is 3. The Kier molecular flexibility index (Phi) is 12.3. The second kappa shape index (κ2) is 17.8. The van der Waals surface area contributed by atoms with E-state index in [1.165, 1.54) is 0 Å². The van der Waals surface area contributed by atoms with Gasteiger partial charge in [-0.3, -0.25) is 4.79 Å². The zero-order valence-electron chi connectivity index (χ0n) is 40.9. The van der Waals surface area contributed by atoms with Gasteiger partial charge in [0, 0.05) is 48.5 Å². The van der Waals surface area contributed by atoms with Gasteiger partial charge in [-0.25, -0.2) is 28.7 Å². The molecule has 3 unspecified atom stereocenters. The molecule has 4 aromatic heterocycles. The molecule has 4 aliphatic rings. The fourth-order valence-electron chi connectivity index (χ4n) is 8.46. The summed E-state index contributed by atoms with van der Waals surface area (Å²) in [6.45, 7) is 21.9. The average Bonchev–Trinajstić information content (AvgIpc) is 4.10. The largest absolute Gasteiger partial charge is 0.443 e. The van der Waals surface area contributed by atoms with Crippen molar-refractivity contribution < 1.29 is 48.9 Å². The Hall–Kier alpha value is -5.71. The first-order valence-corrected chi connectivity index (χ1v) is 22.9. The van der Waals surface area contributed by atoms with E-state index in [0.29, 0.717) is 88.6 Å². The van der Waals surface area contributed by atoms with Crippen molar-refractivity contribution in [1.29, 1.82) is 0 Å². The predicted molar refractivity (Wildman–Crippen MR) is 246 cm³/mol. The Bertz CT molecular complexity index is 2800. The number of Topliss-reactive ketones (excluding diaryl/α,β-unsaturated/α-hetero) is 1. The van der Waals surface area contributed by atoms with Crippen LogP contribution in [0.3, 0.4) is 0 Å². The van der Waals surface area contributed by atoms with Crippen LogP contribution in [0.5, 0.6) is 0 Å². The van der Waals surface area contributed by atoms with E-state index in [9.17, 15) is 19.5 Å². The molecule has 0 radical (unpaired) electrons. The number of aliphatic hydroxyl groups excluding tert-OH is 1. The highest BCUT2D eigenvalue weighted by Gasteiger charge is 2.39. The third kappa shape index (κ3) is 9.19. The van der Waals surface area contributed by atoms with Gasteiger partial charge in [0.15, 0.2) is 5.78 Å². The van der Waals surface area contributed by atoms with Crippen LogP contribution in [0, 0.1) is 27.7 Å². The molecule has 2 saturated heterocycles. The number of aromatic nitrogens is 6. The van der Waals surface area contributed by atoms with E-state index in [0.717, 1.165) is 60.1 Å². The summed E-state index contributed by atoms with van der Waals surface area (Å²) in [5.74, 6) is 2.93. The van der Waals surface area contributed by atoms with E-state index < -0.39 is 35.6 Å². The van der Waals surface area contributed by atoms with Crippen molar-refractivity contribution >= 4 is 40.0 Å². The second-order valence-corrected chi connectivity index (χ2v) is 19.5. The Morgan fingerprint density at radius 3 is 1.53 bits per heavy atom. The molecule has 3 atom stereocenters. The number of hydrogen-bond donors (Lipinski definition) is 1. The van der Waals surface area contributed by atoms with Gasteiger partial charge in [0.05, 0.1) is 40.6 Å². The van der Waals surface area contributed by atoms with Gasteiger partial charge in [-0.1, -0.05) is 24.1 Å².